The number of amides is 1. The van der Waals surface area contributed by atoms with Crippen LogP contribution in [0.2, 0.25) is 5.02 Å². The Kier molecular flexibility index (Phi) is 3.28. The molecule has 0 saturated carbocycles. The van der Waals surface area contributed by atoms with Gasteiger partial charge in [-0.05, 0) is 24.6 Å². The average Bonchev–Trinajstić information content (AvgIpc) is 2.13. The number of benzene rings is 1. The molecule has 3 nitrogen and oxygen atoms in total. The Hall–Kier alpha value is -1.06. The van der Waals surface area contributed by atoms with Gasteiger partial charge in [0.2, 0.25) is 5.91 Å². The van der Waals surface area contributed by atoms with Crippen molar-refractivity contribution in [3.8, 4) is 0 Å². The fourth-order valence-electron chi connectivity index (χ4n) is 0.933. The number of hydrogen-bond donors (Lipinski definition) is 2. The summed E-state index contributed by atoms with van der Waals surface area (Å²) in [6.07, 6.45) is 0. The lowest BCUT2D eigenvalue weighted by Crippen LogP contribution is -2.16. The molecule has 0 atom stereocenters. The van der Waals surface area contributed by atoms with Gasteiger partial charge in [-0.2, -0.15) is 0 Å². The van der Waals surface area contributed by atoms with E-state index in [9.17, 15) is 4.79 Å². The monoisotopic (exact) mass is 199 g/mol. The first-order valence-electron chi connectivity index (χ1n) is 3.81. The number of rotatable bonds is 2. The van der Waals surface area contributed by atoms with Crippen LogP contribution in [0.1, 0.15) is 5.56 Å². The van der Waals surface area contributed by atoms with Crippen molar-refractivity contribution in [2.75, 3.05) is 11.9 Å². The number of aliphatic hydroxyl groups is 1. The highest BCUT2D eigenvalue weighted by atomic mass is 35.5. The molecule has 1 aromatic rings. The van der Waals surface area contributed by atoms with Gasteiger partial charge in [-0.15, -0.1) is 0 Å². The predicted molar refractivity (Wildman–Crippen MR) is 51.9 cm³/mol. The van der Waals surface area contributed by atoms with Crippen molar-refractivity contribution < 1.29 is 9.90 Å². The van der Waals surface area contributed by atoms with E-state index in [4.69, 9.17) is 16.7 Å². The highest BCUT2D eigenvalue weighted by molar-refractivity contribution is 6.31. The molecule has 1 rings (SSSR count). The largest absolute Gasteiger partial charge is 0.387 e. The van der Waals surface area contributed by atoms with Gasteiger partial charge in [0.05, 0.1) is 0 Å². The third kappa shape index (κ3) is 2.44. The summed E-state index contributed by atoms with van der Waals surface area (Å²) >= 11 is 5.83. The number of hydrogen-bond acceptors (Lipinski definition) is 2. The first-order valence-corrected chi connectivity index (χ1v) is 4.18. The zero-order valence-electron chi connectivity index (χ0n) is 7.17. The van der Waals surface area contributed by atoms with E-state index in [0.717, 1.165) is 5.56 Å². The minimum atomic E-state index is -0.522. The molecule has 0 saturated heterocycles. The molecule has 0 fully saturated rings. The Morgan fingerprint density at radius 3 is 2.92 bits per heavy atom. The van der Waals surface area contributed by atoms with Gasteiger partial charge in [-0.25, -0.2) is 0 Å². The van der Waals surface area contributed by atoms with Crippen LogP contribution < -0.4 is 5.32 Å². The Balaban J connectivity index is 2.89. The Morgan fingerprint density at radius 1 is 1.62 bits per heavy atom. The molecule has 0 aromatic heterocycles. The summed E-state index contributed by atoms with van der Waals surface area (Å²) in [6.45, 7) is 1.28. The van der Waals surface area contributed by atoms with Crippen LogP contribution in [0.5, 0.6) is 0 Å². The van der Waals surface area contributed by atoms with E-state index in [-0.39, 0.29) is 0 Å². The molecule has 2 N–H and O–H groups in total. The van der Waals surface area contributed by atoms with Gasteiger partial charge in [-0.1, -0.05) is 17.7 Å². The average molecular weight is 200 g/mol. The smallest absolute Gasteiger partial charge is 0.250 e. The van der Waals surface area contributed by atoms with Gasteiger partial charge >= 0.3 is 0 Å². The summed E-state index contributed by atoms with van der Waals surface area (Å²) < 4.78 is 0. The van der Waals surface area contributed by atoms with Gasteiger partial charge in [0.1, 0.15) is 6.61 Å². The van der Waals surface area contributed by atoms with E-state index in [1.165, 1.54) is 0 Å². The van der Waals surface area contributed by atoms with E-state index < -0.39 is 12.5 Å². The second kappa shape index (κ2) is 4.25. The zero-order valence-corrected chi connectivity index (χ0v) is 7.93. The van der Waals surface area contributed by atoms with Crippen molar-refractivity contribution >= 4 is 23.2 Å². The van der Waals surface area contributed by atoms with Gasteiger partial charge in [0.25, 0.3) is 0 Å². The summed E-state index contributed by atoms with van der Waals surface area (Å²) in [5.74, 6) is -0.439. The zero-order chi connectivity index (χ0) is 9.84. The normalized spacial score (nSPS) is 9.77. The van der Waals surface area contributed by atoms with Crippen LogP contribution in [0.25, 0.3) is 0 Å². The predicted octanol–water partition coefficient (Wildman–Crippen LogP) is 1.58. The number of nitrogens with one attached hydrogen (secondary N) is 1. The minimum Gasteiger partial charge on any atom is -0.387 e. The maximum atomic E-state index is 10.8. The third-order valence-corrected chi connectivity index (χ3v) is 2.09. The van der Waals surface area contributed by atoms with Crippen LogP contribution in [-0.2, 0) is 4.79 Å². The van der Waals surface area contributed by atoms with Crippen molar-refractivity contribution in [1.29, 1.82) is 0 Å². The molecular formula is C9H10ClNO2. The van der Waals surface area contributed by atoms with Crippen molar-refractivity contribution in [2.45, 2.75) is 6.92 Å². The van der Waals surface area contributed by atoms with Gasteiger partial charge in [0, 0.05) is 10.7 Å². The minimum absolute atomic E-state index is 0.439. The summed E-state index contributed by atoms with van der Waals surface area (Å²) in [5, 5.41) is 11.6. The molecule has 0 unspecified atom stereocenters. The molecule has 1 amide bonds. The highest BCUT2D eigenvalue weighted by Gasteiger charge is 2.04. The maximum Gasteiger partial charge on any atom is 0.250 e. The molecule has 1 aromatic carbocycles. The topological polar surface area (TPSA) is 49.3 Å². The second-order valence-corrected chi connectivity index (χ2v) is 3.03. The van der Waals surface area contributed by atoms with Crippen LogP contribution in [0.15, 0.2) is 18.2 Å². The van der Waals surface area contributed by atoms with Crippen molar-refractivity contribution in [1.82, 2.24) is 0 Å². The SMILES string of the molecule is Cc1c(Cl)cccc1NC(=O)CO. The summed E-state index contributed by atoms with van der Waals surface area (Å²) in [4.78, 5) is 10.8. The van der Waals surface area contributed by atoms with Crippen LogP contribution in [0, 0.1) is 6.92 Å². The quantitative estimate of drug-likeness (QED) is 0.760. The number of anilines is 1. The fraction of sp³-hybridized carbons (Fsp3) is 0.222. The Morgan fingerprint density at radius 2 is 2.31 bits per heavy atom. The van der Waals surface area contributed by atoms with E-state index >= 15 is 0 Å². The molecule has 4 heteroatoms. The molecule has 0 radical (unpaired) electrons. The summed E-state index contributed by atoms with van der Waals surface area (Å²) in [6, 6.07) is 5.21. The highest BCUT2D eigenvalue weighted by Crippen LogP contribution is 2.22. The van der Waals surface area contributed by atoms with Crippen molar-refractivity contribution in [2.24, 2.45) is 0 Å². The lowest BCUT2D eigenvalue weighted by atomic mass is 10.2. The molecule has 0 spiro atoms. The van der Waals surface area contributed by atoms with Crippen LogP contribution >= 0.6 is 11.6 Å². The Bertz CT molecular complexity index is 325. The molecule has 0 aliphatic carbocycles. The number of carbonyl (C=O) groups excluding carboxylic acids is 1. The van der Waals surface area contributed by atoms with Gasteiger partial charge in [0.15, 0.2) is 0 Å². The summed E-state index contributed by atoms with van der Waals surface area (Å²) in [5.41, 5.74) is 1.43. The van der Waals surface area contributed by atoms with Gasteiger partial charge in [-0.3, -0.25) is 4.79 Å². The third-order valence-electron chi connectivity index (χ3n) is 1.69. The standard InChI is InChI=1S/C9H10ClNO2/c1-6-7(10)3-2-4-8(6)11-9(13)5-12/h2-4,12H,5H2,1H3,(H,11,13). The lowest BCUT2D eigenvalue weighted by molar-refractivity contribution is -0.118. The maximum absolute atomic E-state index is 10.8. The second-order valence-electron chi connectivity index (χ2n) is 2.62. The molecule has 70 valence electrons. The van der Waals surface area contributed by atoms with Crippen molar-refractivity contribution in [3.05, 3.63) is 28.8 Å². The van der Waals surface area contributed by atoms with Crippen LogP contribution in [0.3, 0.4) is 0 Å². The molecule has 0 bridgehead atoms. The van der Waals surface area contributed by atoms with E-state index in [1.54, 1.807) is 25.1 Å². The van der Waals surface area contributed by atoms with Crippen LogP contribution in [-0.4, -0.2) is 17.6 Å². The number of halogens is 1. The molecule has 0 aliphatic rings. The first-order chi connectivity index (χ1) is 6.15. The molecule has 0 heterocycles. The lowest BCUT2D eigenvalue weighted by Gasteiger charge is -2.07. The van der Waals surface area contributed by atoms with E-state index in [1.807, 2.05) is 0 Å². The fourth-order valence-corrected chi connectivity index (χ4v) is 1.11. The Labute approximate surface area is 81.3 Å². The van der Waals surface area contributed by atoms with Crippen molar-refractivity contribution in [3.63, 3.8) is 0 Å². The van der Waals surface area contributed by atoms with E-state index in [0.29, 0.717) is 10.7 Å². The molecule has 13 heavy (non-hydrogen) atoms. The van der Waals surface area contributed by atoms with E-state index in [2.05, 4.69) is 5.32 Å². The summed E-state index contributed by atoms with van der Waals surface area (Å²) in [7, 11) is 0. The molecule has 0 aliphatic heterocycles. The molecular weight excluding hydrogens is 190 g/mol. The number of aliphatic hydroxyl groups excluding tert-OH is 1. The van der Waals surface area contributed by atoms with Gasteiger partial charge < -0.3 is 10.4 Å². The first kappa shape index (κ1) is 10.0. The van der Waals surface area contributed by atoms with Crippen LogP contribution in [0.4, 0.5) is 5.69 Å². The number of carbonyl (C=O) groups is 1.